The van der Waals surface area contributed by atoms with E-state index in [9.17, 15) is 9.59 Å². The predicted molar refractivity (Wildman–Crippen MR) is 83.9 cm³/mol. The largest absolute Gasteiger partial charge is 0.481 e. The fourth-order valence-corrected chi connectivity index (χ4v) is 3.66. The quantitative estimate of drug-likeness (QED) is 0.932. The maximum Gasteiger partial charge on any atom is 0.308 e. The Morgan fingerprint density at radius 3 is 2.27 bits per heavy atom. The zero-order valence-corrected chi connectivity index (χ0v) is 12.8. The molecule has 1 aliphatic heterocycles. The van der Waals surface area contributed by atoms with Crippen molar-refractivity contribution in [1.29, 1.82) is 0 Å². The number of hydrogen-bond acceptors (Lipinski definition) is 2. The number of rotatable bonds is 3. The number of likely N-dealkylation sites (tertiary alicyclic amines) is 1. The van der Waals surface area contributed by atoms with E-state index in [1.165, 1.54) is 37.7 Å². The van der Waals surface area contributed by atoms with E-state index in [1.54, 1.807) is 4.90 Å². The number of carbonyl (C=O) groups is 2. The first-order valence-electron chi connectivity index (χ1n) is 8.27. The Morgan fingerprint density at radius 2 is 1.68 bits per heavy atom. The number of aliphatic carboxylic acids is 1. The molecule has 1 atom stereocenters. The molecule has 1 aromatic carbocycles. The van der Waals surface area contributed by atoms with Crippen LogP contribution in [0.25, 0.3) is 0 Å². The maximum absolute atomic E-state index is 12.4. The second-order valence-electron chi connectivity index (χ2n) is 6.53. The van der Waals surface area contributed by atoms with Crippen LogP contribution in [0.2, 0.25) is 0 Å². The van der Waals surface area contributed by atoms with Crippen LogP contribution >= 0.6 is 0 Å². The zero-order valence-electron chi connectivity index (χ0n) is 12.8. The van der Waals surface area contributed by atoms with E-state index in [1.807, 2.05) is 12.1 Å². The van der Waals surface area contributed by atoms with Gasteiger partial charge in [-0.2, -0.15) is 0 Å². The number of benzene rings is 1. The fraction of sp³-hybridized carbons (Fsp3) is 0.556. The average molecular weight is 301 g/mol. The van der Waals surface area contributed by atoms with Crippen LogP contribution in [0.15, 0.2) is 24.3 Å². The van der Waals surface area contributed by atoms with Crippen LogP contribution < -0.4 is 0 Å². The summed E-state index contributed by atoms with van der Waals surface area (Å²) in [6, 6.07) is 7.96. The van der Waals surface area contributed by atoms with Crippen LogP contribution in [-0.4, -0.2) is 35.0 Å². The molecule has 1 saturated carbocycles. The van der Waals surface area contributed by atoms with Crippen LogP contribution in [0.5, 0.6) is 0 Å². The second kappa shape index (κ2) is 6.51. The molecule has 0 aromatic heterocycles. The van der Waals surface area contributed by atoms with Crippen LogP contribution in [0.4, 0.5) is 0 Å². The van der Waals surface area contributed by atoms with Crippen molar-refractivity contribution in [3.8, 4) is 0 Å². The molecule has 1 aromatic rings. The normalized spacial score (nSPS) is 22.7. The molecule has 1 amide bonds. The molecule has 1 saturated heterocycles. The summed E-state index contributed by atoms with van der Waals surface area (Å²) in [6.07, 6.45) is 7.00. The van der Waals surface area contributed by atoms with Crippen molar-refractivity contribution in [2.24, 2.45) is 5.92 Å². The monoisotopic (exact) mass is 301 g/mol. The Morgan fingerprint density at radius 1 is 1.00 bits per heavy atom. The van der Waals surface area contributed by atoms with Gasteiger partial charge in [0.1, 0.15) is 0 Å². The third-order valence-electron chi connectivity index (χ3n) is 5.06. The first-order chi connectivity index (χ1) is 10.6. The molecular formula is C18H23NO3. The Bertz CT molecular complexity index is 546. The summed E-state index contributed by atoms with van der Waals surface area (Å²) in [5.41, 5.74) is 2.01. The minimum atomic E-state index is -0.803. The molecule has 1 unspecified atom stereocenters. The van der Waals surface area contributed by atoms with Crippen molar-refractivity contribution in [3.63, 3.8) is 0 Å². The fourth-order valence-electron chi connectivity index (χ4n) is 3.66. The molecule has 1 aliphatic carbocycles. The van der Waals surface area contributed by atoms with Crippen LogP contribution in [0.3, 0.4) is 0 Å². The number of nitrogens with zero attached hydrogens (tertiary/aromatic N) is 1. The summed E-state index contributed by atoms with van der Waals surface area (Å²) in [7, 11) is 0. The predicted octanol–water partition coefficient (Wildman–Crippen LogP) is 3.28. The molecule has 1 heterocycles. The average Bonchev–Trinajstić information content (AvgIpc) is 3.05. The van der Waals surface area contributed by atoms with Gasteiger partial charge >= 0.3 is 5.97 Å². The highest BCUT2D eigenvalue weighted by molar-refractivity contribution is 5.94. The molecule has 0 bridgehead atoms. The SMILES string of the molecule is O=C(O)C1CCN(C(=O)c2ccc(C3CCCCC3)cc2)C1. The van der Waals surface area contributed by atoms with E-state index in [2.05, 4.69) is 12.1 Å². The highest BCUT2D eigenvalue weighted by Crippen LogP contribution is 2.32. The molecule has 1 N–H and O–H groups in total. The number of hydrogen-bond donors (Lipinski definition) is 1. The van der Waals surface area contributed by atoms with E-state index in [4.69, 9.17) is 5.11 Å². The minimum absolute atomic E-state index is 0.0426. The standard InChI is InChI=1S/C18H23NO3/c20-17(19-11-10-16(12-19)18(21)22)15-8-6-14(7-9-15)13-4-2-1-3-5-13/h6-9,13,16H,1-5,10-12H2,(H,21,22). The third-order valence-corrected chi connectivity index (χ3v) is 5.06. The first kappa shape index (κ1) is 15.1. The molecule has 2 aliphatic rings. The molecule has 4 nitrogen and oxygen atoms in total. The van der Waals surface area contributed by atoms with Crippen molar-refractivity contribution < 1.29 is 14.7 Å². The van der Waals surface area contributed by atoms with E-state index in [0.717, 1.165) is 0 Å². The van der Waals surface area contributed by atoms with Crippen molar-refractivity contribution in [2.45, 2.75) is 44.4 Å². The second-order valence-corrected chi connectivity index (χ2v) is 6.53. The van der Waals surface area contributed by atoms with E-state index < -0.39 is 11.9 Å². The Hall–Kier alpha value is -1.84. The summed E-state index contributed by atoms with van der Waals surface area (Å²) >= 11 is 0. The van der Waals surface area contributed by atoms with Gasteiger partial charge < -0.3 is 10.0 Å². The summed E-state index contributed by atoms with van der Waals surface area (Å²) < 4.78 is 0. The Labute approximate surface area is 131 Å². The molecule has 118 valence electrons. The van der Waals surface area contributed by atoms with Crippen LogP contribution in [0, 0.1) is 5.92 Å². The molecule has 2 fully saturated rings. The van der Waals surface area contributed by atoms with Gasteiger partial charge in [-0.15, -0.1) is 0 Å². The molecule has 3 rings (SSSR count). The molecule has 22 heavy (non-hydrogen) atoms. The molecule has 4 heteroatoms. The van der Waals surface area contributed by atoms with Crippen LogP contribution in [0.1, 0.15) is 60.4 Å². The molecule has 0 spiro atoms. The first-order valence-corrected chi connectivity index (χ1v) is 8.27. The lowest BCUT2D eigenvalue weighted by Crippen LogP contribution is -2.29. The van der Waals surface area contributed by atoms with Gasteiger partial charge in [-0.25, -0.2) is 0 Å². The highest BCUT2D eigenvalue weighted by atomic mass is 16.4. The summed E-state index contributed by atoms with van der Waals surface area (Å²) in [6.45, 7) is 0.874. The Balaban J connectivity index is 1.65. The maximum atomic E-state index is 12.4. The van der Waals surface area contributed by atoms with E-state index >= 15 is 0 Å². The van der Waals surface area contributed by atoms with Gasteiger partial charge in [0.25, 0.3) is 5.91 Å². The van der Waals surface area contributed by atoms with Crippen molar-refractivity contribution >= 4 is 11.9 Å². The minimum Gasteiger partial charge on any atom is -0.481 e. The summed E-state index contributed by atoms with van der Waals surface area (Å²) in [5.74, 6) is -0.617. The summed E-state index contributed by atoms with van der Waals surface area (Å²) in [5, 5.41) is 9.03. The van der Waals surface area contributed by atoms with Gasteiger partial charge in [-0.05, 0) is 42.9 Å². The lowest BCUT2D eigenvalue weighted by atomic mass is 9.84. The lowest BCUT2D eigenvalue weighted by molar-refractivity contribution is -0.141. The number of carboxylic acid groups (broad SMARTS) is 1. The van der Waals surface area contributed by atoms with Gasteiger partial charge in [0.2, 0.25) is 0 Å². The van der Waals surface area contributed by atoms with E-state index in [-0.39, 0.29) is 5.91 Å². The van der Waals surface area contributed by atoms with Gasteiger partial charge in [0.05, 0.1) is 5.92 Å². The van der Waals surface area contributed by atoms with Gasteiger partial charge in [0, 0.05) is 18.7 Å². The topological polar surface area (TPSA) is 57.6 Å². The number of carbonyl (C=O) groups excluding carboxylic acids is 1. The summed E-state index contributed by atoms with van der Waals surface area (Å²) in [4.78, 5) is 25.1. The molecule has 0 radical (unpaired) electrons. The van der Waals surface area contributed by atoms with E-state index in [0.29, 0.717) is 31.0 Å². The molecular weight excluding hydrogens is 278 g/mol. The van der Waals surface area contributed by atoms with Crippen molar-refractivity contribution in [2.75, 3.05) is 13.1 Å². The smallest absolute Gasteiger partial charge is 0.308 e. The van der Waals surface area contributed by atoms with Gasteiger partial charge in [0.15, 0.2) is 0 Å². The zero-order chi connectivity index (χ0) is 15.5. The number of amides is 1. The van der Waals surface area contributed by atoms with Crippen molar-refractivity contribution in [1.82, 2.24) is 4.90 Å². The van der Waals surface area contributed by atoms with Gasteiger partial charge in [-0.1, -0.05) is 31.4 Å². The van der Waals surface area contributed by atoms with Gasteiger partial charge in [-0.3, -0.25) is 9.59 Å². The third kappa shape index (κ3) is 3.16. The Kier molecular flexibility index (Phi) is 4.46. The van der Waals surface area contributed by atoms with Crippen molar-refractivity contribution in [3.05, 3.63) is 35.4 Å². The highest BCUT2D eigenvalue weighted by Gasteiger charge is 2.31. The number of carboxylic acids is 1. The van der Waals surface area contributed by atoms with Crippen LogP contribution in [-0.2, 0) is 4.79 Å². The lowest BCUT2D eigenvalue weighted by Gasteiger charge is -2.22.